The summed E-state index contributed by atoms with van der Waals surface area (Å²) in [6.07, 6.45) is 0. The summed E-state index contributed by atoms with van der Waals surface area (Å²) in [6.45, 7) is 1.61. The minimum atomic E-state index is -0.537. The Morgan fingerprint density at radius 1 is 1.11 bits per heavy atom. The molecular weight excluding hydrogens is 352 g/mol. The van der Waals surface area contributed by atoms with Gasteiger partial charge in [0.25, 0.3) is 0 Å². The predicted molar refractivity (Wildman–Crippen MR) is 98.3 cm³/mol. The molecule has 0 atom stereocenters. The van der Waals surface area contributed by atoms with E-state index >= 15 is 0 Å². The van der Waals surface area contributed by atoms with Crippen molar-refractivity contribution in [2.24, 2.45) is 0 Å². The number of rotatable bonds is 6. The number of aromatic hydroxyl groups is 1. The maximum atomic E-state index is 12.4. The van der Waals surface area contributed by atoms with Gasteiger partial charge in [0.05, 0.1) is 13.7 Å². The smallest absolute Gasteiger partial charge is 0.344 e. The highest BCUT2D eigenvalue weighted by Gasteiger charge is 2.14. The molecule has 1 heterocycles. The summed E-state index contributed by atoms with van der Waals surface area (Å²) in [6, 6.07) is 11.0. The Morgan fingerprint density at radius 2 is 1.85 bits per heavy atom. The van der Waals surface area contributed by atoms with E-state index in [1.165, 1.54) is 18.2 Å². The number of ether oxygens (including phenoxy) is 3. The monoisotopic (exact) mass is 370 g/mol. The molecular formula is C20H18O7. The molecule has 1 N–H and O–H groups in total. The summed E-state index contributed by atoms with van der Waals surface area (Å²) in [5.41, 5.74) is 0.427. The lowest BCUT2D eigenvalue weighted by Crippen LogP contribution is -2.14. The molecule has 140 valence electrons. The zero-order valence-electron chi connectivity index (χ0n) is 14.9. The first-order chi connectivity index (χ1) is 13.0. The Balaban J connectivity index is 1.98. The molecule has 3 aromatic rings. The zero-order chi connectivity index (χ0) is 19.4. The van der Waals surface area contributed by atoms with Crippen LogP contribution in [0.4, 0.5) is 0 Å². The predicted octanol–water partition coefficient (Wildman–Crippen LogP) is 3.12. The molecule has 0 saturated carbocycles. The fourth-order valence-electron chi connectivity index (χ4n) is 2.57. The molecule has 0 bridgehead atoms. The van der Waals surface area contributed by atoms with Crippen LogP contribution in [0.5, 0.6) is 17.2 Å². The Morgan fingerprint density at radius 3 is 2.52 bits per heavy atom. The molecule has 0 unspecified atom stereocenters. The van der Waals surface area contributed by atoms with Crippen LogP contribution in [0.25, 0.3) is 22.3 Å². The first-order valence-corrected chi connectivity index (χ1v) is 8.25. The van der Waals surface area contributed by atoms with Crippen LogP contribution in [0.15, 0.2) is 51.7 Å². The number of carbonyl (C=O) groups is 1. The van der Waals surface area contributed by atoms with E-state index in [0.717, 1.165) is 0 Å². The number of methoxy groups -OCH3 is 1. The molecule has 0 fully saturated rings. The standard InChI is InChI=1S/C20H18O7/c1-3-25-19(23)11-26-14-8-15(21)20-16(22)10-17(27-18(20)9-14)12-4-6-13(24-2)7-5-12/h4-10,21H,3,11H2,1-2H3. The Kier molecular flexibility index (Phi) is 5.30. The normalized spacial score (nSPS) is 10.6. The number of fused-ring (bicyclic) bond motifs is 1. The summed E-state index contributed by atoms with van der Waals surface area (Å²) in [5.74, 6) is 0.362. The van der Waals surface area contributed by atoms with Crippen LogP contribution in [-0.4, -0.2) is 31.4 Å². The maximum Gasteiger partial charge on any atom is 0.344 e. The molecule has 1 aromatic heterocycles. The third-order valence-electron chi connectivity index (χ3n) is 3.82. The van der Waals surface area contributed by atoms with Gasteiger partial charge in [0.1, 0.15) is 34.0 Å². The van der Waals surface area contributed by atoms with Gasteiger partial charge >= 0.3 is 5.97 Å². The average molecular weight is 370 g/mol. The van der Waals surface area contributed by atoms with Gasteiger partial charge in [-0.25, -0.2) is 4.79 Å². The lowest BCUT2D eigenvalue weighted by Gasteiger charge is -2.09. The first kappa shape index (κ1) is 18.3. The Hall–Kier alpha value is -3.48. The molecule has 3 rings (SSSR count). The van der Waals surface area contributed by atoms with Gasteiger partial charge in [0, 0.05) is 23.8 Å². The number of esters is 1. The largest absolute Gasteiger partial charge is 0.507 e. The second kappa shape index (κ2) is 7.82. The first-order valence-electron chi connectivity index (χ1n) is 8.25. The molecule has 0 amide bonds. The van der Waals surface area contributed by atoms with E-state index in [2.05, 4.69) is 0 Å². The molecule has 0 saturated heterocycles. The molecule has 0 aliphatic rings. The molecule has 0 aliphatic carbocycles. The molecule has 2 aromatic carbocycles. The quantitative estimate of drug-likeness (QED) is 0.666. The summed E-state index contributed by atoms with van der Waals surface area (Å²) < 4.78 is 21.0. The van der Waals surface area contributed by atoms with Gasteiger partial charge in [-0.3, -0.25) is 4.79 Å². The third-order valence-corrected chi connectivity index (χ3v) is 3.82. The third kappa shape index (κ3) is 4.03. The van der Waals surface area contributed by atoms with Gasteiger partial charge in [-0.05, 0) is 31.2 Å². The molecule has 0 aliphatic heterocycles. The lowest BCUT2D eigenvalue weighted by molar-refractivity contribution is -0.145. The minimum Gasteiger partial charge on any atom is -0.507 e. The molecule has 0 radical (unpaired) electrons. The van der Waals surface area contributed by atoms with Gasteiger partial charge in [-0.15, -0.1) is 0 Å². The maximum absolute atomic E-state index is 12.4. The van der Waals surface area contributed by atoms with E-state index in [1.807, 2.05) is 0 Å². The summed E-state index contributed by atoms with van der Waals surface area (Å²) in [7, 11) is 1.56. The molecule has 0 spiro atoms. The molecule has 7 heteroatoms. The SMILES string of the molecule is CCOC(=O)COc1cc(O)c2c(=O)cc(-c3ccc(OC)cc3)oc2c1. The van der Waals surface area contributed by atoms with Crippen LogP contribution in [0.3, 0.4) is 0 Å². The van der Waals surface area contributed by atoms with Crippen molar-refractivity contribution in [1.82, 2.24) is 0 Å². The van der Waals surface area contributed by atoms with Crippen LogP contribution in [0.1, 0.15) is 6.92 Å². The number of hydrogen-bond donors (Lipinski definition) is 1. The van der Waals surface area contributed by atoms with Crippen molar-refractivity contribution in [2.75, 3.05) is 20.3 Å². The number of phenolic OH excluding ortho intramolecular Hbond substituents is 1. The highest BCUT2D eigenvalue weighted by molar-refractivity contribution is 5.86. The van der Waals surface area contributed by atoms with Gasteiger partial charge in [-0.2, -0.15) is 0 Å². The zero-order valence-corrected chi connectivity index (χ0v) is 14.9. The highest BCUT2D eigenvalue weighted by atomic mass is 16.6. The van der Waals surface area contributed by atoms with Crippen molar-refractivity contribution in [3.63, 3.8) is 0 Å². The fourth-order valence-corrected chi connectivity index (χ4v) is 2.57. The number of benzene rings is 2. The summed E-state index contributed by atoms with van der Waals surface area (Å²) in [4.78, 5) is 23.8. The topological polar surface area (TPSA) is 95.2 Å². The lowest BCUT2D eigenvalue weighted by atomic mass is 10.1. The second-order valence-electron chi connectivity index (χ2n) is 5.61. The van der Waals surface area contributed by atoms with Gasteiger partial charge in [0.15, 0.2) is 12.0 Å². The van der Waals surface area contributed by atoms with Crippen molar-refractivity contribution in [3.05, 3.63) is 52.7 Å². The molecule has 7 nitrogen and oxygen atoms in total. The van der Waals surface area contributed by atoms with Gasteiger partial charge < -0.3 is 23.7 Å². The van der Waals surface area contributed by atoms with Crippen LogP contribution in [-0.2, 0) is 9.53 Å². The number of phenols is 1. The van der Waals surface area contributed by atoms with E-state index in [1.54, 1.807) is 38.3 Å². The molecule has 27 heavy (non-hydrogen) atoms. The van der Waals surface area contributed by atoms with Crippen LogP contribution in [0.2, 0.25) is 0 Å². The van der Waals surface area contributed by atoms with Crippen molar-refractivity contribution in [3.8, 4) is 28.6 Å². The van der Waals surface area contributed by atoms with E-state index in [0.29, 0.717) is 17.1 Å². The van der Waals surface area contributed by atoms with Crippen molar-refractivity contribution in [1.29, 1.82) is 0 Å². The summed E-state index contributed by atoms with van der Waals surface area (Å²) >= 11 is 0. The van der Waals surface area contributed by atoms with Crippen molar-refractivity contribution >= 4 is 16.9 Å². The van der Waals surface area contributed by atoms with Crippen LogP contribution < -0.4 is 14.9 Å². The van der Waals surface area contributed by atoms with E-state index in [-0.39, 0.29) is 35.7 Å². The van der Waals surface area contributed by atoms with E-state index in [9.17, 15) is 14.7 Å². The van der Waals surface area contributed by atoms with Crippen LogP contribution in [0, 0.1) is 0 Å². The highest BCUT2D eigenvalue weighted by Crippen LogP contribution is 2.31. The number of carbonyl (C=O) groups excluding carboxylic acids is 1. The fraction of sp³-hybridized carbons (Fsp3) is 0.200. The second-order valence-corrected chi connectivity index (χ2v) is 5.61. The number of hydrogen-bond acceptors (Lipinski definition) is 7. The van der Waals surface area contributed by atoms with Crippen LogP contribution >= 0.6 is 0 Å². The Labute approximate surface area is 154 Å². The van der Waals surface area contributed by atoms with Gasteiger partial charge in [-0.1, -0.05) is 0 Å². The Bertz CT molecular complexity index is 1020. The van der Waals surface area contributed by atoms with Crippen molar-refractivity contribution in [2.45, 2.75) is 6.92 Å². The average Bonchev–Trinajstić information content (AvgIpc) is 2.66. The summed E-state index contributed by atoms with van der Waals surface area (Å²) in [5, 5.41) is 10.2. The van der Waals surface area contributed by atoms with Crippen molar-refractivity contribution < 1.29 is 28.5 Å². The minimum absolute atomic E-state index is 0.0377. The van der Waals surface area contributed by atoms with E-state index < -0.39 is 11.4 Å². The van der Waals surface area contributed by atoms with E-state index in [4.69, 9.17) is 18.6 Å². The van der Waals surface area contributed by atoms with Gasteiger partial charge in [0.2, 0.25) is 0 Å².